The fourth-order valence-corrected chi connectivity index (χ4v) is 3.01. The van der Waals surface area contributed by atoms with Gasteiger partial charge in [-0.25, -0.2) is 0 Å². The Bertz CT molecular complexity index is 1170. The zero-order chi connectivity index (χ0) is 19.6. The number of fused-ring (bicyclic) bond motifs is 1. The van der Waals surface area contributed by atoms with Gasteiger partial charge < -0.3 is 18.3 Å². The quantitative estimate of drug-likeness (QED) is 0.563. The van der Waals surface area contributed by atoms with E-state index < -0.39 is 0 Å². The highest BCUT2D eigenvalue weighted by Gasteiger charge is 2.16. The van der Waals surface area contributed by atoms with Crippen LogP contribution in [-0.4, -0.2) is 29.3 Å². The second kappa shape index (κ2) is 7.16. The molecular weight excluding hydrogens is 374 g/mol. The van der Waals surface area contributed by atoms with E-state index in [1.54, 1.807) is 24.3 Å². The molecule has 2 aromatic heterocycles. The number of nitrogens with zero attached hydrogens (tertiary/aromatic N) is 2. The lowest BCUT2D eigenvalue weighted by atomic mass is 10.0. The number of amides is 1. The molecule has 0 spiro atoms. The van der Waals surface area contributed by atoms with Gasteiger partial charge in [-0.1, -0.05) is 23.3 Å². The summed E-state index contributed by atoms with van der Waals surface area (Å²) in [6.45, 7) is 1.06. The minimum atomic E-state index is -0.362. The maximum absolute atomic E-state index is 12.6. The molecule has 3 heterocycles. The van der Waals surface area contributed by atoms with Gasteiger partial charge in [0.05, 0.1) is 6.26 Å². The van der Waals surface area contributed by atoms with Gasteiger partial charge >= 0.3 is 6.01 Å². The molecule has 1 amide bonds. The minimum absolute atomic E-state index is 0.00821. The minimum Gasteiger partial charge on any atom is -0.486 e. The summed E-state index contributed by atoms with van der Waals surface area (Å²) < 4.78 is 21.8. The Morgan fingerprint density at radius 2 is 1.76 bits per heavy atom. The molecule has 5 rings (SSSR count). The summed E-state index contributed by atoms with van der Waals surface area (Å²) in [5.74, 6) is 1.67. The van der Waals surface area contributed by atoms with Crippen molar-refractivity contribution < 1.29 is 23.1 Å². The molecular formula is C21H15N3O5. The first-order valence-corrected chi connectivity index (χ1v) is 8.95. The van der Waals surface area contributed by atoms with Crippen LogP contribution < -0.4 is 14.8 Å². The third kappa shape index (κ3) is 3.43. The third-order valence-electron chi connectivity index (χ3n) is 4.38. The van der Waals surface area contributed by atoms with Crippen molar-refractivity contribution in [2.24, 2.45) is 0 Å². The van der Waals surface area contributed by atoms with Crippen LogP contribution in [0.5, 0.6) is 11.5 Å². The number of ether oxygens (including phenoxy) is 2. The summed E-state index contributed by atoms with van der Waals surface area (Å²) in [5, 5.41) is 10.3. The Labute approximate surface area is 165 Å². The summed E-state index contributed by atoms with van der Waals surface area (Å²) in [5.41, 5.74) is 2.24. The van der Waals surface area contributed by atoms with Crippen molar-refractivity contribution >= 4 is 11.9 Å². The second-order valence-corrected chi connectivity index (χ2v) is 6.28. The van der Waals surface area contributed by atoms with E-state index in [1.807, 2.05) is 30.3 Å². The number of nitrogens with one attached hydrogen (secondary N) is 1. The molecule has 0 saturated heterocycles. The highest BCUT2D eigenvalue weighted by atomic mass is 16.6. The SMILES string of the molecule is O=C(Nc1nnc(-c2ccco2)o1)c1cccc(-c2ccc3c(c2)OCCO3)c1. The zero-order valence-corrected chi connectivity index (χ0v) is 15.1. The highest BCUT2D eigenvalue weighted by molar-refractivity contribution is 6.03. The Kier molecular flexibility index (Phi) is 4.21. The fourth-order valence-electron chi connectivity index (χ4n) is 3.01. The number of anilines is 1. The lowest BCUT2D eigenvalue weighted by Gasteiger charge is -2.19. The molecule has 0 unspecified atom stereocenters. The molecule has 8 nitrogen and oxygen atoms in total. The molecule has 29 heavy (non-hydrogen) atoms. The average molecular weight is 389 g/mol. The number of carbonyl (C=O) groups excluding carboxylic acids is 1. The predicted octanol–water partition coefficient (Wildman–Crippen LogP) is 4.02. The normalized spacial score (nSPS) is 12.6. The number of hydrogen-bond acceptors (Lipinski definition) is 7. The third-order valence-corrected chi connectivity index (χ3v) is 4.38. The fraction of sp³-hybridized carbons (Fsp3) is 0.0952. The molecule has 0 saturated carbocycles. The number of carbonyl (C=O) groups is 1. The number of furan rings is 1. The van der Waals surface area contributed by atoms with Crippen LogP contribution in [0.4, 0.5) is 6.01 Å². The molecule has 1 aliphatic rings. The number of rotatable bonds is 4. The van der Waals surface area contributed by atoms with E-state index in [1.165, 1.54) is 6.26 Å². The second-order valence-electron chi connectivity index (χ2n) is 6.28. The first-order chi connectivity index (χ1) is 14.3. The van der Waals surface area contributed by atoms with Crippen molar-refractivity contribution in [2.45, 2.75) is 0 Å². The van der Waals surface area contributed by atoms with E-state index in [0.717, 1.165) is 16.9 Å². The van der Waals surface area contributed by atoms with E-state index in [9.17, 15) is 4.79 Å². The van der Waals surface area contributed by atoms with Gasteiger partial charge in [-0.15, -0.1) is 5.10 Å². The van der Waals surface area contributed by atoms with Gasteiger partial charge in [0.15, 0.2) is 17.3 Å². The number of aromatic nitrogens is 2. The standard InChI is InChI=1S/C21H15N3O5/c25-19(22-21-24-23-20(29-21)17-5-2-8-26-17)15-4-1-3-13(11-15)14-6-7-16-18(12-14)28-10-9-27-16/h1-8,11-12H,9-10H2,(H,22,24,25). The van der Waals surface area contributed by atoms with Crippen molar-refractivity contribution in [3.63, 3.8) is 0 Å². The number of hydrogen-bond donors (Lipinski definition) is 1. The van der Waals surface area contributed by atoms with Crippen LogP contribution in [-0.2, 0) is 0 Å². The average Bonchev–Trinajstić information content (AvgIpc) is 3.45. The van der Waals surface area contributed by atoms with Gasteiger partial charge in [-0.05, 0) is 47.5 Å². The Hall–Kier alpha value is -4.07. The topological polar surface area (TPSA) is 99.6 Å². The summed E-state index contributed by atoms with van der Waals surface area (Å²) in [4.78, 5) is 12.6. The Balaban J connectivity index is 1.36. The predicted molar refractivity (Wildman–Crippen MR) is 103 cm³/mol. The smallest absolute Gasteiger partial charge is 0.322 e. The van der Waals surface area contributed by atoms with Crippen LogP contribution >= 0.6 is 0 Å². The summed E-state index contributed by atoms with van der Waals surface area (Å²) in [6.07, 6.45) is 1.50. The van der Waals surface area contributed by atoms with Gasteiger partial charge in [-0.2, -0.15) is 0 Å². The van der Waals surface area contributed by atoms with Crippen LogP contribution in [0.2, 0.25) is 0 Å². The van der Waals surface area contributed by atoms with Crippen molar-refractivity contribution in [1.82, 2.24) is 10.2 Å². The summed E-state index contributed by atoms with van der Waals surface area (Å²) >= 11 is 0. The van der Waals surface area contributed by atoms with Gasteiger partial charge in [0.25, 0.3) is 11.8 Å². The van der Waals surface area contributed by atoms with Gasteiger partial charge in [-0.3, -0.25) is 10.1 Å². The van der Waals surface area contributed by atoms with Crippen LogP contribution in [0.3, 0.4) is 0 Å². The molecule has 1 N–H and O–H groups in total. The lowest BCUT2D eigenvalue weighted by molar-refractivity contribution is 0.102. The van der Waals surface area contributed by atoms with Crippen molar-refractivity contribution in [3.05, 3.63) is 66.4 Å². The molecule has 0 aliphatic carbocycles. The molecule has 0 bridgehead atoms. The zero-order valence-electron chi connectivity index (χ0n) is 15.1. The first-order valence-electron chi connectivity index (χ1n) is 8.95. The van der Waals surface area contributed by atoms with E-state index in [-0.39, 0.29) is 17.8 Å². The molecule has 0 fully saturated rings. The van der Waals surface area contributed by atoms with Crippen LogP contribution in [0.25, 0.3) is 22.8 Å². The molecule has 144 valence electrons. The highest BCUT2D eigenvalue weighted by Crippen LogP contribution is 2.34. The van der Waals surface area contributed by atoms with Crippen molar-refractivity contribution in [1.29, 1.82) is 0 Å². The molecule has 0 atom stereocenters. The maximum atomic E-state index is 12.6. The largest absolute Gasteiger partial charge is 0.486 e. The van der Waals surface area contributed by atoms with E-state index in [4.69, 9.17) is 18.3 Å². The molecule has 0 radical (unpaired) electrons. The van der Waals surface area contributed by atoms with Crippen molar-refractivity contribution in [2.75, 3.05) is 18.5 Å². The Morgan fingerprint density at radius 3 is 2.62 bits per heavy atom. The monoisotopic (exact) mass is 389 g/mol. The van der Waals surface area contributed by atoms with Gasteiger partial charge in [0, 0.05) is 5.56 Å². The van der Waals surface area contributed by atoms with E-state index in [0.29, 0.717) is 30.3 Å². The van der Waals surface area contributed by atoms with Crippen LogP contribution in [0.15, 0.2) is 69.7 Å². The first kappa shape index (κ1) is 17.1. The van der Waals surface area contributed by atoms with Crippen LogP contribution in [0.1, 0.15) is 10.4 Å². The van der Waals surface area contributed by atoms with Crippen LogP contribution in [0, 0.1) is 0 Å². The van der Waals surface area contributed by atoms with Gasteiger partial charge in [0.2, 0.25) is 0 Å². The maximum Gasteiger partial charge on any atom is 0.322 e. The lowest BCUT2D eigenvalue weighted by Crippen LogP contribution is -2.15. The number of benzene rings is 2. The van der Waals surface area contributed by atoms with Gasteiger partial charge in [0.1, 0.15) is 13.2 Å². The Morgan fingerprint density at radius 1 is 0.897 bits per heavy atom. The summed E-state index contributed by atoms with van der Waals surface area (Å²) in [6, 6.07) is 16.3. The summed E-state index contributed by atoms with van der Waals surface area (Å²) in [7, 11) is 0. The molecule has 4 aromatic rings. The molecule has 1 aliphatic heterocycles. The van der Waals surface area contributed by atoms with Crippen molar-refractivity contribution in [3.8, 4) is 34.3 Å². The van der Waals surface area contributed by atoms with E-state index in [2.05, 4.69) is 15.5 Å². The van der Waals surface area contributed by atoms with E-state index >= 15 is 0 Å². The molecule has 2 aromatic carbocycles. The molecule has 8 heteroatoms.